The van der Waals surface area contributed by atoms with E-state index in [9.17, 15) is 9.59 Å². The molecule has 2 fully saturated rings. The lowest BCUT2D eigenvalue weighted by molar-refractivity contribution is -0.123. The quantitative estimate of drug-likeness (QED) is 0.868. The van der Waals surface area contributed by atoms with Crippen molar-refractivity contribution >= 4 is 11.9 Å². The minimum absolute atomic E-state index is 0.0930. The number of ether oxygens (including phenoxy) is 1. The molecular weight excluding hydrogens is 294 g/mol. The second kappa shape index (κ2) is 6.48. The van der Waals surface area contributed by atoms with Gasteiger partial charge in [-0.1, -0.05) is 18.2 Å². The molecule has 1 aromatic carbocycles. The zero-order valence-corrected chi connectivity index (χ0v) is 13.5. The van der Waals surface area contributed by atoms with Gasteiger partial charge >= 0.3 is 6.03 Å². The minimum atomic E-state index is -0.140. The minimum Gasteiger partial charge on any atom is -0.496 e. The first-order valence-corrected chi connectivity index (χ1v) is 8.07. The number of carbonyl (C=O) groups excluding carboxylic acids is 2. The Kier molecular flexibility index (Phi) is 4.41. The van der Waals surface area contributed by atoms with Crippen LogP contribution in [0.5, 0.6) is 5.75 Å². The van der Waals surface area contributed by atoms with Gasteiger partial charge in [-0.25, -0.2) is 4.79 Å². The van der Waals surface area contributed by atoms with Crippen LogP contribution in [0.25, 0.3) is 0 Å². The summed E-state index contributed by atoms with van der Waals surface area (Å²) in [6.07, 6.45) is 2.00. The van der Waals surface area contributed by atoms with Crippen LogP contribution in [0.15, 0.2) is 24.3 Å². The Labute approximate surface area is 136 Å². The summed E-state index contributed by atoms with van der Waals surface area (Å²) in [6, 6.07) is 7.49. The summed E-state index contributed by atoms with van der Waals surface area (Å²) in [5.41, 5.74) is 0.947. The third-order valence-electron chi connectivity index (χ3n) is 4.41. The third kappa shape index (κ3) is 3.57. The van der Waals surface area contributed by atoms with Crippen LogP contribution in [0, 0.1) is 5.92 Å². The molecule has 0 bridgehead atoms. The van der Waals surface area contributed by atoms with E-state index in [4.69, 9.17) is 4.74 Å². The normalized spacial score (nSPS) is 18.8. The summed E-state index contributed by atoms with van der Waals surface area (Å²) in [5.74, 6) is 1.11. The largest absolute Gasteiger partial charge is 0.496 e. The van der Waals surface area contributed by atoms with Crippen molar-refractivity contribution in [1.29, 1.82) is 0 Å². The maximum absolute atomic E-state index is 12.2. The Hall–Kier alpha value is -2.24. The average molecular weight is 317 g/mol. The molecule has 2 N–H and O–H groups in total. The SMILES string of the molecule is COc1ccccc1C(C)NC(=O)N1CC(NC(=O)C2CC2)C1. The summed E-state index contributed by atoms with van der Waals surface area (Å²) in [7, 11) is 1.62. The molecule has 1 saturated carbocycles. The molecule has 1 heterocycles. The van der Waals surface area contributed by atoms with Crippen molar-refractivity contribution in [1.82, 2.24) is 15.5 Å². The van der Waals surface area contributed by atoms with E-state index in [0.29, 0.717) is 13.1 Å². The van der Waals surface area contributed by atoms with Gasteiger partial charge in [-0.15, -0.1) is 0 Å². The molecule has 6 nitrogen and oxygen atoms in total. The molecule has 0 spiro atoms. The molecular formula is C17H23N3O3. The zero-order valence-electron chi connectivity index (χ0n) is 13.5. The van der Waals surface area contributed by atoms with Crippen molar-refractivity contribution in [2.24, 2.45) is 5.92 Å². The highest BCUT2D eigenvalue weighted by Crippen LogP contribution is 2.29. The fraction of sp³-hybridized carbons (Fsp3) is 0.529. The highest BCUT2D eigenvalue weighted by molar-refractivity contribution is 5.82. The number of likely N-dealkylation sites (tertiary alicyclic amines) is 1. The van der Waals surface area contributed by atoms with E-state index in [2.05, 4.69) is 10.6 Å². The molecule has 124 valence electrons. The van der Waals surface area contributed by atoms with Crippen LogP contribution in [-0.4, -0.2) is 43.1 Å². The average Bonchev–Trinajstić information content (AvgIpc) is 3.34. The van der Waals surface area contributed by atoms with Gasteiger partial charge in [-0.05, 0) is 25.8 Å². The van der Waals surface area contributed by atoms with Gasteiger partial charge in [0, 0.05) is 24.6 Å². The summed E-state index contributed by atoms with van der Waals surface area (Å²) in [4.78, 5) is 25.6. The monoisotopic (exact) mass is 317 g/mol. The van der Waals surface area contributed by atoms with Gasteiger partial charge in [0.2, 0.25) is 5.91 Å². The Bertz CT molecular complexity index is 595. The smallest absolute Gasteiger partial charge is 0.318 e. The first-order valence-electron chi connectivity index (χ1n) is 8.07. The van der Waals surface area contributed by atoms with Gasteiger partial charge < -0.3 is 20.3 Å². The highest BCUT2D eigenvalue weighted by Gasteiger charge is 2.36. The van der Waals surface area contributed by atoms with Gasteiger partial charge in [-0.3, -0.25) is 4.79 Å². The molecule has 2 aliphatic rings. The Morgan fingerprint density at radius 2 is 1.96 bits per heavy atom. The maximum atomic E-state index is 12.2. The van der Waals surface area contributed by atoms with Gasteiger partial charge in [0.15, 0.2) is 0 Å². The third-order valence-corrected chi connectivity index (χ3v) is 4.41. The van der Waals surface area contributed by atoms with Crippen molar-refractivity contribution in [3.05, 3.63) is 29.8 Å². The summed E-state index contributed by atoms with van der Waals surface area (Å²) >= 11 is 0. The van der Waals surface area contributed by atoms with Crippen LogP contribution >= 0.6 is 0 Å². The Balaban J connectivity index is 1.47. The standard InChI is InChI=1S/C17H23N3O3/c1-11(14-5-3-4-6-15(14)23-2)18-17(22)20-9-13(10-20)19-16(21)12-7-8-12/h3-6,11-13H,7-10H2,1-2H3,(H,18,22)(H,19,21). The van der Waals surface area contributed by atoms with Crippen molar-refractivity contribution in [2.75, 3.05) is 20.2 Å². The molecule has 0 radical (unpaired) electrons. The maximum Gasteiger partial charge on any atom is 0.318 e. The van der Waals surface area contributed by atoms with E-state index in [1.165, 1.54) is 0 Å². The lowest BCUT2D eigenvalue weighted by Gasteiger charge is -2.40. The molecule has 1 aromatic rings. The van der Waals surface area contributed by atoms with E-state index in [-0.39, 0.29) is 29.9 Å². The molecule has 1 saturated heterocycles. The van der Waals surface area contributed by atoms with Crippen LogP contribution < -0.4 is 15.4 Å². The van der Waals surface area contributed by atoms with Crippen LogP contribution in [0.3, 0.4) is 0 Å². The second-order valence-electron chi connectivity index (χ2n) is 6.30. The Morgan fingerprint density at radius 3 is 2.61 bits per heavy atom. The fourth-order valence-corrected chi connectivity index (χ4v) is 2.78. The number of benzene rings is 1. The molecule has 1 aliphatic carbocycles. The number of nitrogens with zero attached hydrogens (tertiary/aromatic N) is 1. The van der Waals surface area contributed by atoms with Crippen LogP contribution in [0.4, 0.5) is 4.79 Å². The summed E-state index contributed by atoms with van der Waals surface area (Å²) in [5, 5.41) is 5.96. The van der Waals surface area contributed by atoms with Crippen molar-refractivity contribution in [3.63, 3.8) is 0 Å². The van der Waals surface area contributed by atoms with E-state index in [1.54, 1.807) is 12.0 Å². The number of hydrogen-bond acceptors (Lipinski definition) is 3. The number of urea groups is 1. The molecule has 1 atom stereocenters. The number of amides is 3. The second-order valence-corrected chi connectivity index (χ2v) is 6.30. The molecule has 23 heavy (non-hydrogen) atoms. The molecule has 0 aromatic heterocycles. The van der Waals surface area contributed by atoms with Crippen LogP contribution in [0.1, 0.15) is 31.4 Å². The molecule has 6 heteroatoms. The number of carbonyl (C=O) groups is 2. The topological polar surface area (TPSA) is 70.7 Å². The first-order chi connectivity index (χ1) is 11.1. The summed E-state index contributed by atoms with van der Waals surface area (Å²) in [6.45, 7) is 3.08. The summed E-state index contributed by atoms with van der Waals surface area (Å²) < 4.78 is 5.33. The number of nitrogens with one attached hydrogen (secondary N) is 2. The molecule has 1 aliphatic heterocycles. The highest BCUT2D eigenvalue weighted by atomic mass is 16.5. The van der Waals surface area contributed by atoms with Crippen molar-refractivity contribution in [2.45, 2.75) is 31.8 Å². The van der Waals surface area contributed by atoms with E-state index >= 15 is 0 Å². The van der Waals surface area contributed by atoms with E-state index in [1.807, 2.05) is 31.2 Å². The molecule has 3 amide bonds. The lowest BCUT2D eigenvalue weighted by Crippen LogP contribution is -2.63. The predicted molar refractivity (Wildman–Crippen MR) is 86.2 cm³/mol. The van der Waals surface area contributed by atoms with Crippen LogP contribution in [0.2, 0.25) is 0 Å². The van der Waals surface area contributed by atoms with Crippen molar-refractivity contribution in [3.8, 4) is 5.75 Å². The van der Waals surface area contributed by atoms with Gasteiger partial charge in [0.05, 0.1) is 19.2 Å². The first kappa shape index (κ1) is 15.6. The van der Waals surface area contributed by atoms with Crippen LogP contribution in [-0.2, 0) is 4.79 Å². The lowest BCUT2D eigenvalue weighted by atomic mass is 10.1. The van der Waals surface area contributed by atoms with Crippen molar-refractivity contribution < 1.29 is 14.3 Å². The van der Waals surface area contributed by atoms with Gasteiger partial charge in [0.1, 0.15) is 5.75 Å². The van der Waals surface area contributed by atoms with E-state index in [0.717, 1.165) is 24.2 Å². The number of para-hydroxylation sites is 1. The number of hydrogen-bond donors (Lipinski definition) is 2. The Morgan fingerprint density at radius 1 is 1.26 bits per heavy atom. The van der Waals surface area contributed by atoms with Gasteiger partial charge in [0.25, 0.3) is 0 Å². The predicted octanol–water partition coefficient (Wildman–Crippen LogP) is 1.68. The molecule has 3 rings (SSSR count). The van der Waals surface area contributed by atoms with E-state index < -0.39 is 0 Å². The molecule has 1 unspecified atom stereocenters. The number of rotatable bonds is 5. The number of methoxy groups -OCH3 is 1. The fourth-order valence-electron chi connectivity index (χ4n) is 2.78. The zero-order chi connectivity index (χ0) is 16.4. The van der Waals surface area contributed by atoms with Gasteiger partial charge in [-0.2, -0.15) is 0 Å².